The standard InChI is InChI=1S/C38H42N4O2/c1-9-14-30(37(43)44-38(5,6)7)29(11-3)27-20-18-26(19-21-27)24-42-33-23-28(22-25(4)35(33)40-34(42)15-10-2)36-39-31-16-12-13-17-32(31)41(36)8/h9,11-14,16-23H,1,10,15,24H2,2-8H3/b29-11-,30-14+. The van der Waals surface area contributed by atoms with Gasteiger partial charge in [0.25, 0.3) is 0 Å². The number of fused-ring (bicyclic) bond motifs is 2. The van der Waals surface area contributed by atoms with Gasteiger partial charge in [-0.1, -0.05) is 62.1 Å². The smallest absolute Gasteiger partial charge is 0.339 e. The van der Waals surface area contributed by atoms with E-state index in [0.717, 1.165) is 74.4 Å². The number of carbonyl (C=O) groups excluding carboxylic acids is 1. The van der Waals surface area contributed by atoms with Gasteiger partial charge in [0.15, 0.2) is 0 Å². The molecule has 0 radical (unpaired) electrons. The fraction of sp³-hybridized carbons (Fsp3) is 0.289. The summed E-state index contributed by atoms with van der Waals surface area (Å²) in [7, 11) is 2.07. The van der Waals surface area contributed by atoms with Crippen LogP contribution in [0.15, 0.2) is 91.0 Å². The van der Waals surface area contributed by atoms with Gasteiger partial charge in [-0.2, -0.15) is 0 Å². The number of ether oxygens (including phenoxy) is 1. The number of hydrogen-bond acceptors (Lipinski definition) is 4. The molecule has 6 nitrogen and oxygen atoms in total. The van der Waals surface area contributed by atoms with Gasteiger partial charge < -0.3 is 13.9 Å². The second kappa shape index (κ2) is 12.5. The average Bonchev–Trinajstić information content (AvgIpc) is 3.50. The Labute approximate surface area is 260 Å². The maximum atomic E-state index is 13.1. The summed E-state index contributed by atoms with van der Waals surface area (Å²) in [6.45, 7) is 16.4. The maximum absolute atomic E-state index is 13.1. The van der Waals surface area contributed by atoms with E-state index in [-0.39, 0.29) is 5.97 Å². The summed E-state index contributed by atoms with van der Waals surface area (Å²) in [6.07, 6.45) is 7.19. The van der Waals surface area contributed by atoms with Gasteiger partial charge >= 0.3 is 5.97 Å². The molecule has 0 saturated heterocycles. The third-order valence-corrected chi connectivity index (χ3v) is 7.73. The van der Waals surface area contributed by atoms with E-state index in [2.05, 4.69) is 85.1 Å². The molecule has 6 heteroatoms. The minimum atomic E-state index is -0.591. The lowest BCUT2D eigenvalue weighted by Crippen LogP contribution is -2.25. The van der Waals surface area contributed by atoms with Crippen molar-refractivity contribution in [1.82, 2.24) is 19.1 Å². The Bertz CT molecular complexity index is 1910. The summed E-state index contributed by atoms with van der Waals surface area (Å²) < 4.78 is 10.2. The Kier molecular flexibility index (Phi) is 8.73. The van der Waals surface area contributed by atoms with Crippen molar-refractivity contribution in [2.24, 2.45) is 7.05 Å². The Hall–Kier alpha value is -4.71. The second-order valence-electron chi connectivity index (χ2n) is 12.2. The molecule has 0 bridgehead atoms. The molecule has 0 saturated carbocycles. The first kappa shape index (κ1) is 30.7. The zero-order valence-electron chi connectivity index (χ0n) is 26.9. The molecule has 44 heavy (non-hydrogen) atoms. The van der Waals surface area contributed by atoms with Crippen LogP contribution in [0.5, 0.6) is 0 Å². The number of carbonyl (C=O) groups is 1. The Morgan fingerprint density at radius 3 is 2.39 bits per heavy atom. The molecule has 226 valence electrons. The minimum Gasteiger partial charge on any atom is -0.456 e. The zero-order chi connectivity index (χ0) is 31.6. The normalized spacial score (nSPS) is 12.7. The molecule has 5 aromatic rings. The molecule has 0 aliphatic heterocycles. The quantitative estimate of drug-likeness (QED) is 0.0984. The van der Waals surface area contributed by atoms with Crippen LogP contribution in [-0.4, -0.2) is 30.7 Å². The van der Waals surface area contributed by atoms with E-state index in [0.29, 0.717) is 12.1 Å². The lowest BCUT2D eigenvalue weighted by atomic mass is 9.96. The van der Waals surface area contributed by atoms with Gasteiger partial charge in [-0.05, 0) is 93.6 Å². The summed E-state index contributed by atoms with van der Waals surface area (Å²) in [5, 5.41) is 0. The summed E-state index contributed by atoms with van der Waals surface area (Å²) in [5.41, 5.74) is 9.25. The predicted molar refractivity (Wildman–Crippen MR) is 181 cm³/mol. The Morgan fingerprint density at radius 1 is 1.02 bits per heavy atom. The molecule has 0 spiro atoms. The molecule has 0 atom stereocenters. The summed E-state index contributed by atoms with van der Waals surface area (Å²) in [4.78, 5) is 23.1. The van der Waals surface area contributed by atoms with Crippen molar-refractivity contribution in [2.45, 2.75) is 66.5 Å². The summed E-state index contributed by atoms with van der Waals surface area (Å²) >= 11 is 0. The molecular weight excluding hydrogens is 544 g/mol. The topological polar surface area (TPSA) is 61.9 Å². The summed E-state index contributed by atoms with van der Waals surface area (Å²) in [5.74, 6) is 1.65. The number of hydrogen-bond donors (Lipinski definition) is 0. The fourth-order valence-corrected chi connectivity index (χ4v) is 5.73. The van der Waals surface area contributed by atoms with Gasteiger partial charge in [-0.15, -0.1) is 0 Å². The largest absolute Gasteiger partial charge is 0.456 e. The van der Waals surface area contributed by atoms with Crippen molar-refractivity contribution in [2.75, 3.05) is 0 Å². The molecule has 2 heterocycles. The van der Waals surface area contributed by atoms with E-state index in [1.54, 1.807) is 12.2 Å². The third kappa shape index (κ3) is 6.16. The van der Waals surface area contributed by atoms with Crippen LogP contribution in [0.4, 0.5) is 0 Å². The second-order valence-corrected chi connectivity index (χ2v) is 12.2. The molecule has 0 fully saturated rings. The van der Waals surface area contributed by atoms with Crippen LogP contribution in [0.25, 0.3) is 39.0 Å². The van der Waals surface area contributed by atoms with Crippen LogP contribution in [-0.2, 0) is 29.5 Å². The van der Waals surface area contributed by atoms with Crippen molar-refractivity contribution in [3.63, 3.8) is 0 Å². The first-order valence-corrected chi connectivity index (χ1v) is 15.3. The van der Waals surface area contributed by atoms with E-state index in [4.69, 9.17) is 14.7 Å². The zero-order valence-corrected chi connectivity index (χ0v) is 26.9. The van der Waals surface area contributed by atoms with Crippen molar-refractivity contribution >= 4 is 33.6 Å². The minimum absolute atomic E-state index is 0.365. The predicted octanol–water partition coefficient (Wildman–Crippen LogP) is 8.76. The van der Waals surface area contributed by atoms with Gasteiger partial charge in [0.05, 0.1) is 27.6 Å². The van der Waals surface area contributed by atoms with E-state index in [9.17, 15) is 4.79 Å². The highest BCUT2D eigenvalue weighted by Crippen LogP contribution is 2.31. The van der Waals surface area contributed by atoms with E-state index < -0.39 is 5.60 Å². The SMILES string of the molecule is C=C/C=C(C(=O)OC(C)(C)C)\C(=C/C)c1ccc(Cn2c(CCC)nc3c(C)cc(-c4nc5ccccc5n4C)cc32)cc1. The van der Waals surface area contributed by atoms with Crippen molar-refractivity contribution in [3.05, 3.63) is 114 Å². The molecule has 3 aromatic carbocycles. The van der Waals surface area contributed by atoms with Gasteiger partial charge in [-0.3, -0.25) is 0 Å². The number of para-hydroxylation sites is 2. The Balaban J connectivity index is 1.52. The highest BCUT2D eigenvalue weighted by atomic mass is 16.6. The number of imidazole rings is 2. The molecule has 0 aliphatic rings. The highest BCUT2D eigenvalue weighted by molar-refractivity contribution is 6.06. The van der Waals surface area contributed by atoms with Crippen LogP contribution < -0.4 is 0 Å². The van der Waals surface area contributed by atoms with Gasteiger partial charge in [-0.25, -0.2) is 14.8 Å². The van der Waals surface area contributed by atoms with Crippen LogP contribution in [0, 0.1) is 6.92 Å². The van der Waals surface area contributed by atoms with Crippen LogP contribution in [0.1, 0.15) is 63.6 Å². The lowest BCUT2D eigenvalue weighted by Gasteiger charge is -2.21. The van der Waals surface area contributed by atoms with Gasteiger partial charge in [0.2, 0.25) is 0 Å². The number of rotatable bonds is 9. The monoisotopic (exact) mass is 586 g/mol. The van der Waals surface area contributed by atoms with Crippen LogP contribution in [0.2, 0.25) is 0 Å². The van der Waals surface area contributed by atoms with Gasteiger partial charge in [0, 0.05) is 25.6 Å². The third-order valence-electron chi connectivity index (χ3n) is 7.73. The lowest BCUT2D eigenvalue weighted by molar-refractivity contribution is -0.149. The number of nitrogens with zero attached hydrogens (tertiary/aromatic N) is 4. The maximum Gasteiger partial charge on any atom is 0.339 e. The van der Waals surface area contributed by atoms with Crippen molar-refractivity contribution in [1.29, 1.82) is 0 Å². The molecule has 0 amide bonds. The fourth-order valence-electron chi connectivity index (χ4n) is 5.73. The van der Waals surface area contributed by atoms with Crippen molar-refractivity contribution < 1.29 is 9.53 Å². The first-order chi connectivity index (χ1) is 21.0. The molecular formula is C38H42N4O2. The average molecular weight is 587 g/mol. The van der Waals surface area contributed by atoms with Gasteiger partial charge in [0.1, 0.15) is 17.2 Å². The molecule has 0 unspecified atom stereocenters. The number of aromatic nitrogens is 4. The van der Waals surface area contributed by atoms with Crippen molar-refractivity contribution in [3.8, 4) is 11.4 Å². The number of esters is 1. The highest BCUT2D eigenvalue weighted by Gasteiger charge is 2.23. The number of allylic oxidation sites excluding steroid dienone is 3. The molecule has 0 N–H and O–H groups in total. The summed E-state index contributed by atoms with van der Waals surface area (Å²) in [6, 6.07) is 21.1. The molecule has 2 aromatic heterocycles. The van der Waals surface area contributed by atoms with E-state index in [1.807, 2.05) is 45.9 Å². The van der Waals surface area contributed by atoms with Crippen LogP contribution in [0.3, 0.4) is 0 Å². The van der Waals surface area contributed by atoms with E-state index >= 15 is 0 Å². The number of benzene rings is 3. The molecule has 0 aliphatic carbocycles. The van der Waals surface area contributed by atoms with Crippen LogP contribution >= 0.6 is 0 Å². The number of aryl methyl sites for hydroxylation is 3. The van der Waals surface area contributed by atoms with E-state index in [1.165, 1.54) is 0 Å². The Morgan fingerprint density at radius 2 is 1.75 bits per heavy atom. The first-order valence-electron chi connectivity index (χ1n) is 15.3. The molecule has 5 rings (SSSR count).